The van der Waals surface area contributed by atoms with Crippen LogP contribution in [0.15, 0.2) is 18.2 Å². The van der Waals surface area contributed by atoms with Crippen molar-refractivity contribution in [1.82, 2.24) is 5.32 Å². The van der Waals surface area contributed by atoms with Crippen LogP contribution >= 0.6 is 0 Å². The van der Waals surface area contributed by atoms with Crippen molar-refractivity contribution in [2.24, 2.45) is 5.41 Å². The topological polar surface area (TPSA) is 15.3 Å². The second-order valence-electron chi connectivity index (χ2n) is 7.76. The van der Waals surface area contributed by atoms with Gasteiger partial charge in [0.15, 0.2) is 0 Å². The highest BCUT2D eigenvalue weighted by molar-refractivity contribution is 5.53. The molecule has 0 radical (unpaired) electrons. The van der Waals surface area contributed by atoms with Gasteiger partial charge < -0.3 is 10.2 Å². The van der Waals surface area contributed by atoms with E-state index in [1.165, 1.54) is 6.07 Å². The average Bonchev–Trinajstić information content (AvgIpc) is 2.23. The maximum Gasteiger partial charge on any atom is 0.129 e. The molecule has 20 heavy (non-hydrogen) atoms. The van der Waals surface area contributed by atoms with Gasteiger partial charge in [-0.1, -0.05) is 26.8 Å². The molecule has 0 atom stereocenters. The summed E-state index contributed by atoms with van der Waals surface area (Å²) in [6.07, 6.45) is 0. The number of nitrogens with one attached hydrogen (secondary N) is 1. The van der Waals surface area contributed by atoms with Crippen LogP contribution in [0.25, 0.3) is 0 Å². The van der Waals surface area contributed by atoms with Crippen LogP contribution in [0.4, 0.5) is 10.1 Å². The Labute approximate surface area is 123 Å². The third-order valence-electron chi connectivity index (χ3n) is 3.01. The van der Waals surface area contributed by atoms with Crippen LogP contribution in [0.2, 0.25) is 0 Å². The van der Waals surface area contributed by atoms with Crippen molar-refractivity contribution in [2.75, 3.05) is 18.5 Å². The SMILES string of the molecule is CN(CC(C)(C)C)c1cccc(F)c1CNC(C)(C)C. The molecule has 0 aromatic heterocycles. The molecule has 0 amide bonds. The van der Waals surface area contributed by atoms with Crippen LogP contribution in [0, 0.1) is 11.2 Å². The fraction of sp³-hybridized carbons (Fsp3) is 0.647. The van der Waals surface area contributed by atoms with Crippen molar-refractivity contribution in [3.8, 4) is 0 Å². The fourth-order valence-electron chi connectivity index (χ4n) is 2.23. The predicted molar refractivity (Wildman–Crippen MR) is 85.7 cm³/mol. The van der Waals surface area contributed by atoms with Crippen LogP contribution in [-0.2, 0) is 6.54 Å². The van der Waals surface area contributed by atoms with Crippen molar-refractivity contribution in [3.05, 3.63) is 29.6 Å². The molecule has 1 aromatic carbocycles. The lowest BCUT2D eigenvalue weighted by molar-refractivity contribution is 0.410. The molecule has 0 saturated carbocycles. The van der Waals surface area contributed by atoms with E-state index in [0.717, 1.165) is 17.8 Å². The molecule has 1 N–H and O–H groups in total. The van der Waals surface area contributed by atoms with Gasteiger partial charge in [-0.05, 0) is 38.3 Å². The molecule has 0 aliphatic rings. The molecule has 0 bridgehead atoms. The van der Waals surface area contributed by atoms with Gasteiger partial charge in [-0.3, -0.25) is 0 Å². The second kappa shape index (κ2) is 6.13. The number of hydrogen-bond acceptors (Lipinski definition) is 2. The third kappa shape index (κ3) is 5.49. The molecule has 0 saturated heterocycles. The minimum Gasteiger partial charge on any atom is -0.374 e. The number of nitrogens with zero attached hydrogens (tertiary/aromatic N) is 1. The summed E-state index contributed by atoms with van der Waals surface area (Å²) in [6.45, 7) is 14.3. The minimum atomic E-state index is -0.139. The van der Waals surface area contributed by atoms with Crippen molar-refractivity contribution in [1.29, 1.82) is 0 Å². The molecule has 114 valence electrons. The Bertz CT molecular complexity index is 441. The van der Waals surface area contributed by atoms with E-state index in [0.29, 0.717) is 6.54 Å². The lowest BCUT2D eigenvalue weighted by Gasteiger charge is -2.31. The number of benzene rings is 1. The summed E-state index contributed by atoms with van der Waals surface area (Å²) in [7, 11) is 2.03. The zero-order valence-electron chi connectivity index (χ0n) is 14.0. The van der Waals surface area contributed by atoms with Gasteiger partial charge in [0, 0.05) is 36.9 Å². The third-order valence-corrected chi connectivity index (χ3v) is 3.01. The Morgan fingerprint density at radius 1 is 1.10 bits per heavy atom. The van der Waals surface area contributed by atoms with Crippen molar-refractivity contribution < 1.29 is 4.39 Å². The van der Waals surface area contributed by atoms with E-state index in [9.17, 15) is 4.39 Å². The summed E-state index contributed by atoms with van der Waals surface area (Å²) < 4.78 is 14.2. The van der Waals surface area contributed by atoms with E-state index in [2.05, 4.69) is 51.8 Å². The minimum absolute atomic E-state index is 0.0256. The van der Waals surface area contributed by atoms with Crippen LogP contribution in [0.3, 0.4) is 0 Å². The molecule has 0 fully saturated rings. The summed E-state index contributed by atoms with van der Waals surface area (Å²) in [4.78, 5) is 2.14. The monoisotopic (exact) mass is 280 g/mol. The Balaban J connectivity index is 2.99. The summed E-state index contributed by atoms with van der Waals surface area (Å²) >= 11 is 0. The molecule has 3 heteroatoms. The largest absolute Gasteiger partial charge is 0.374 e. The van der Waals surface area contributed by atoms with Gasteiger partial charge in [0.1, 0.15) is 5.82 Å². The average molecular weight is 280 g/mol. The highest BCUT2D eigenvalue weighted by Gasteiger charge is 2.19. The lowest BCUT2D eigenvalue weighted by Crippen LogP contribution is -2.36. The van der Waals surface area contributed by atoms with Gasteiger partial charge in [0.05, 0.1) is 0 Å². The molecule has 0 spiro atoms. The summed E-state index contributed by atoms with van der Waals surface area (Å²) in [5.74, 6) is -0.139. The van der Waals surface area contributed by atoms with E-state index in [-0.39, 0.29) is 16.8 Å². The van der Waals surface area contributed by atoms with Crippen LogP contribution < -0.4 is 10.2 Å². The highest BCUT2D eigenvalue weighted by Crippen LogP contribution is 2.26. The van der Waals surface area contributed by atoms with Gasteiger partial charge in [0.25, 0.3) is 0 Å². The molecular weight excluding hydrogens is 251 g/mol. The zero-order chi connectivity index (χ0) is 15.6. The first-order valence-corrected chi connectivity index (χ1v) is 7.23. The summed E-state index contributed by atoms with van der Waals surface area (Å²) in [5, 5.41) is 3.37. The Hall–Kier alpha value is -1.09. The maximum absolute atomic E-state index is 14.2. The van der Waals surface area contributed by atoms with Crippen LogP contribution in [-0.4, -0.2) is 19.1 Å². The Morgan fingerprint density at radius 3 is 2.20 bits per heavy atom. The number of hydrogen-bond donors (Lipinski definition) is 1. The first-order chi connectivity index (χ1) is 8.99. The standard InChI is InChI=1S/C17H29FN2/c1-16(2,3)12-20(7)15-10-8-9-14(18)13(15)11-19-17(4,5)6/h8-10,19H,11-12H2,1-7H3. The van der Waals surface area contributed by atoms with Crippen molar-refractivity contribution in [2.45, 2.75) is 53.6 Å². The molecule has 2 nitrogen and oxygen atoms in total. The summed E-state index contributed by atoms with van der Waals surface area (Å²) in [6, 6.07) is 5.31. The zero-order valence-corrected chi connectivity index (χ0v) is 14.0. The number of anilines is 1. The van der Waals surface area contributed by atoms with Gasteiger partial charge in [-0.25, -0.2) is 4.39 Å². The molecule has 0 aliphatic heterocycles. The molecular formula is C17H29FN2. The predicted octanol–water partition coefficient (Wildman–Crippen LogP) is 4.20. The quantitative estimate of drug-likeness (QED) is 0.889. The Morgan fingerprint density at radius 2 is 1.70 bits per heavy atom. The van der Waals surface area contributed by atoms with Crippen molar-refractivity contribution in [3.63, 3.8) is 0 Å². The molecule has 0 unspecified atom stereocenters. The smallest absolute Gasteiger partial charge is 0.129 e. The number of rotatable bonds is 4. The lowest BCUT2D eigenvalue weighted by atomic mass is 9.95. The van der Waals surface area contributed by atoms with Crippen LogP contribution in [0.5, 0.6) is 0 Å². The van der Waals surface area contributed by atoms with E-state index in [4.69, 9.17) is 0 Å². The first-order valence-electron chi connectivity index (χ1n) is 7.23. The maximum atomic E-state index is 14.2. The van der Waals surface area contributed by atoms with E-state index >= 15 is 0 Å². The van der Waals surface area contributed by atoms with Crippen molar-refractivity contribution >= 4 is 5.69 Å². The fourth-order valence-corrected chi connectivity index (χ4v) is 2.23. The van der Waals surface area contributed by atoms with Crippen LogP contribution in [0.1, 0.15) is 47.1 Å². The van der Waals surface area contributed by atoms with E-state index in [1.807, 2.05) is 13.1 Å². The first kappa shape index (κ1) is 17.0. The van der Waals surface area contributed by atoms with Gasteiger partial charge in [0.2, 0.25) is 0 Å². The summed E-state index contributed by atoms with van der Waals surface area (Å²) in [5.41, 5.74) is 1.86. The molecule has 0 aliphatic carbocycles. The molecule has 0 heterocycles. The van der Waals surface area contributed by atoms with E-state index in [1.54, 1.807) is 6.07 Å². The second-order valence-corrected chi connectivity index (χ2v) is 7.76. The Kier molecular flexibility index (Phi) is 5.20. The molecule has 1 aromatic rings. The van der Waals surface area contributed by atoms with Gasteiger partial charge in [-0.15, -0.1) is 0 Å². The van der Waals surface area contributed by atoms with Gasteiger partial charge >= 0.3 is 0 Å². The molecule has 1 rings (SSSR count). The number of halogens is 1. The normalized spacial score (nSPS) is 12.6. The highest BCUT2D eigenvalue weighted by atomic mass is 19.1. The van der Waals surface area contributed by atoms with E-state index < -0.39 is 0 Å². The van der Waals surface area contributed by atoms with Gasteiger partial charge in [-0.2, -0.15) is 0 Å².